The zero-order chi connectivity index (χ0) is 13.6. The van der Waals surface area contributed by atoms with E-state index in [-0.39, 0.29) is 17.9 Å². The highest BCUT2D eigenvalue weighted by atomic mass is 16.5. The Hall–Kier alpha value is -2.04. The standard InChI is InChI=1S/C14H15NO4/c1-2-19-13(18)10-11(16)9-5-3-8-15(9)14(12(10)17)6-4-7-14/h3,5,8,17H,2,4,6-7H2,1H3. The van der Waals surface area contributed by atoms with E-state index in [0.717, 1.165) is 19.3 Å². The van der Waals surface area contributed by atoms with Gasteiger partial charge in [-0.2, -0.15) is 0 Å². The van der Waals surface area contributed by atoms with E-state index in [1.165, 1.54) is 0 Å². The van der Waals surface area contributed by atoms with Gasteiger partial charge in [0.1, 0.15) is 16.9 Å². The molecule has 1 fully saturated rings. The lowest BCUT2D eigenvalue weighted by atomic mass is 9.71. The number of aromatic nitrogens is 1. The molecule has 0 unspecified atom stereocenters. The molecular weight excluding hydrogens is 246 g/mol. The summed E-state index contributed by atoms with van der Waals surface area (Å²) in [7, 11) is 0. The minimum atomic E-state index is -0.733. The van der Waals surface area contributed by atoms with Crippen LogP contribution in [0.5, 0.6) is 0 Å². The number of hydrogen-bond acceptors (Lipinski definition) is 4. The monoisotopic (exact) mass is 261 g/mol. The smallest absolute Gasteiger partial charge is 0.345 e. The van der Waals surface area contributed by atoms with Gasteiger partial charge in [-0.05, 0) is 38.3 Å². The third-order valence-electron chi connectivity index (χ3n) is 4.01. The van der Waals surface area contributed by atoms with E-state index in [1.807, 2.05) is 0 Å². The topological polar surface area (TPSA) is 68.5 Å². The number of Topliss-reactive ketones (excluding diaryl/α,β-unsaturated/α-hetero) is 1. The van der Waals surface area contributed by atoms with Crippen molar-refractivity contribution in [2.75, 3.05) is 6.61 Å². The van der Waals surface area contributed by atoms with Crippen LogP contribution < -0.4 is 0 Å². The van der Waals surface area contributed by atoms with E-state index in [1.54, 1.807) is 29.8 Å². The second kappa shape index (κ2) is 3.98. The fraction of sp³-hybridized carbons (Fsp3) is 0.429. The van der Waals surface area contributed by atoms with Crippen molar-refractivity contribution >= 4 is 11.8 Å². The lowest BCUT2D eigenvalue weighted by Crippen LogP contribution is -2.48. The number of esters is 1. The molecule has 2 heterocycles. The normalized spacial score (nSPS) is 20.2. The molecule has 19 heavy (non-hydrogen) atoms. The molecule has 1 saturated carbocycles. The summed E-state index contributed by atoms with van der Waals surface area (Å²) in [5.74, 6) is -1.33. The van der Waals surface area contributed by atoms with Crippen molar-refractivity contribution < 1.29 is 19.4 Å². The van der Waals surface area contributed by atoms with Crippen molar-refractivity contribution in [3.05, 3.63) is 35.4 Å². The fourth-order valence-corrected chi connectivity index (χ4v) is 2.90. The Labute approximate surface area is 110 Å². The summed E-state index contributed by atoms with van der Waals surface area (Å²) in [5, 5.41) is 10.4. The van der Waals surface area contributed by atoms with Gasteiger partial charge in [0.25, 0.3) is 0 Å². The lowest BCUT2D eigenvalue weighted by Gasteiger charge is -2.46. The number of nitrogens with zero attached hydrogens (tertiary/aromatic N) is 1. The Morgan fingerprint density at radius 2 is 2.26 bits per heavy atom. The summed E-state index contributed by atoms with van der Waals surface area (Å²) in [6.45, 7) is 1.85. The van der Waals surface area contributed by atoms with Gasteiger partial charge in [-0.25, -0.2) is 4.79 Å². The van der Waals surface area contributed by atoms with E-state index < -0.39 is 17.3 Å². The molecule has 0 aromatic carbocycles. The van der Waals surface area contributed by atoms with Crippen molar-refractivity contribution in [2.24, 2.45) is 0 Å². The number of aliphatic hydroxyl groups excluding tert-OH is 1. The van der Waals surface area contributed by atoms with Crippen LogP contribution in [0.2, 0.25) is 0 Å². The van der Waals surface area contributed by atoms with Crippen molar-refractivity contribution in [1.29, 1.82) is 0 Å². The van der Waals surface area contributed by atoms with Crippen molar-refractivity contribution in [3.8, 4) is 0 Å². The number of carbonyl (C=O) groups excluding carboxylic acids is 2. The van der Waals surface area contributed by atoms with E-state index in [0.29, 0.717) is 5.69 Å². The first-order valence-corrected chi connectivity index (χ1v) is 6.45. The van der Waals surface area contributed by atoms with Gasteiger partial charge in [-0.3, -0.25) is 4.79 Å². The Balaban J connectivity index is 2.16. The zero-order valence-electron chi connectivity index (χ0n) is 10.7. The maximum Gasteiger partial charge on any atom is 0.345 e. The number of ether oxygens (including phenoxy) is 1. The molecule has 1 aromatic rings. The predicted octanol–water partition coefficient (Wildman–Crippen LogP) is 1.94. The Bertz CT molecular complexity index is 592. The average Bonchev–Trinajstić information content (AvgIpc) is 2.77. The Morgan fingerprint density at radius 1 is 1.53 bits per heavy atom. The highest BCUT2D eigenvalue weighted by Crippen LogP contribution is 2.48. The van der Waals surface area contributed by atoms with Gasteiger partial charge in [0, 0.05) is 6.20 Å². The van der Waals surface area contributed by atoms with Gasteiger partial charge in [0.15, 0.2) is 0 Å². The number of fused-ring (bicyclic) bond motifs is 2. The van der Waals surface area contributed by atoms with Gasteiger partial charge < -0.3 is 14.4 Å². The van der Waals surface area contributed by atoms with E-state index in [9.17, 15) is 14.7 Å². The van der Waals surface area contributed by atoms with Crippen molar-refractivity contribution in [3.63, 3.8) is 0 Å². The maximum atomic E-state index is 12.3. The predicted molar refractivity (Wildman–Crippen MR) is 66.9 cm³/mol. The number of ketones is 1. The van der Waals surface area contributed by atoms with Crippen LogP contribution in [0.3, 0.4) is 0 Å². The lowest BCUT2D eigenvalue weighted by molar-refractivity contribution is -0.138. The van der Waals surface area contributed by atoms with Crippen molar-refractivity contribution in [1.82, 2.24) is 4.57 Å². The van der Waals surface area contributed by atoms with Crippen LogP contribution in [-0.2, 0) is 15.1 Å². The van der Waals surface area contributed by atoms with Gasteiger partial charge >= 0.3 is 5.97 Å². The number of allylic oxidation sites excluding steroid dienone is 1. The molecule has 0 bridgehead atoms. The van der Waals surface area contributed by atoms with Gasteiger partial charge in [0.2, 0.25) is 5.78 Å². The highest BCUT2D eigenvalue weighted by Gasteiger charge is 2.51. The molecule has 1 aliphatic heterocycles. The first-order valence-electron chi connectivity index (χ1n) is 6.45. The number of hydrogen-bond donors (Lipinski definition) is 1. The van der Waals surface area contributed by atoms with Gasteiger partial charge in [0.05, 0.1) is 12.3 Å². The molecule has 0 radical (unpaired) electrons. The quantitative estimate of drug-likeness (QED) is 0.652. The fourth-order valence-electron chi connectivity index (χ4n) is 2.90. The average molecular weight is 261 g/mol. The minimum Gasteiger partial charge on any atom is -0.509 e. The summed E-state index contributed by atoms with van der Waals surface area (Å²) >= 11 is 0. The third kappa shape index (κ3) is 1.41. The largest absolute Gasteiger partial charge is 0.509 e. The molecule has 1 N–H and O–H groups in total. The van der Waals surface area contributed by atoms with Crippen LogP contribution in [0.1, 0.15) is 36.7 Å². The van der Waals surface area contributed by atoms with Crippen LogP contribution in [0.25, 0.3) is 0 Å². The number of rotatable bonds is 2. The molecule has 1 aliphatic carbocycles. The van der Waals surface area contributed by atoms with Crippen molar-refractivity contribution in [2.45, 2.75) is 31.7 Å². The molecule has 2 aliphatic rings. The zero-order valence-corrected chi connectivity index (χ0v) is 10.7. The van der Waals surface area contributed by atoms with E-state index in [4.69, 9.17) is 4.74 Å². The maximum absolute atomic E-state index is 12.3. The molecule has 1 aromatic heterocycles. The molecule has 1 spiro atoms. The Morgan fingerprint density at radius 3 is 2.84 bits per heavy atom. The van der Waals surface area contributed by atoms with Gasteiger partial charge in [-0.15, -0.1) is 0 Å². The molecule has 5 nitrogen and oxygen atoms in total. The number of carbonyl (C=O) groups is 2. The minimum absolute atomic E-state index is 0.133. The second-order valence-corrected chi connectivity index (χ2v) is 4.92. The van der Waals surface area contributed by atoms with E-state index >= 15 is 0 Å². The molecular formula is C14H15NO4. The summed E-state index contributed by atoms with van der Waals surface area (Å²) in [6.07, 6.45) is 4.21. The highest BCUT2D eigenvalue weighted by molar-refractivity contribution is 6.24. The Kier molecular flexibility index (Phi) is 2.52. The SMILES string of the molecule is CCOC(=O)C1=C(O)C2(CCC2)n2cccc2C1=O. The molecule has 0 atom stereocenters. The molecule has 3 rings (SSSR count). The molecule has 0 amide bonds. The molecule has 0 saturated heterocycles. The van der Waals surface area contributed by atoms with Crippen LogP contribution in [-0.4, -0.2) is 28.0 Å². The first kappa shape index (κ1) is 12.0. The van der Waals surface area contributed by atoms with Crippen LogP contribution in [0.15, 0.2) is 29.7 Å². The van der Waals surface area contributed by atoms with E-state index in [2.05, 4.69) is 0 Å². The molecule has 100 valence electrons. The summed E-state index contributed by atoms with van der Waals surface area (Å²) < 4.78 is 6.68. The number of aliphatic hydroxyl groups is 1. The van der Waals surface area contributed by atoms with Crippen LogP contribution in [0.4, 0.5) is 0 Å². The summed E-state index contributed by atoms with van der Waals surface area (Å²) in [6, 6.07) is 3.43. The third-order valence-corrected chi connectivity index (χ3v) is 4.01. The first-order chi connectivity index (χ1) is 9.12. The summed E-state index contributed by atoms with van der Waals surface area (Å²) in [5.41, 5.74) is -0.372. The summed E-state index contributed by atoms with van der Waals surface area (Å²) in [4.78, 5) is 24.2. The molecule has 5 heteroatoms. The van der Waals surface area contributed by atoms with Gasteiger partial charge in [-0.1, -0.05) is 0 Å². The second-order valence-electron chi connectivity index (χ2n) is 4.92. The van der Waals surface area contributed by atoms with Crippen LogP contribution >= 0.6 is 0 Å². The van der Waals surface area contributed by atoms with Crippen LogP contribution in [0, 0.1) is 0 Å².